The summed E-state index contributed by atoms with van der Waals surface area (Å²) in [5, 5.41) is 6.20. The molecule has 0 saturated carbocycles. The van der Waals surface area contributed by atoms with Crippen LogP contribution in [0, 0.1) is 5.82 Å². The number of hydrogen-bond acceptors (Lipinski definition) is 6. The van der Waals surface area contributed by atoms with Crippen LogP contribution in [0.25, 0.3) is 16.4 Å². The Morgan fingerprint density at radius 1 is 1.35 bits per heavy atom. The van der Waals surface area contributed by atoms with Crippen LogP contribution in [0.3, 0.4) is 0 Å². The number of thiophene rings is 1. The fourth-order valence-electron chi connectivity index (χ4n) is 2.74. The lowest BCUT2D eigenvalue weighted by molar-refractivity contribution is 0.0151. The highest BCUT2D eigenvalue weighted by Gasteiger charge is 2.23. The molecular formula is C18H16FN3O3S. The summed E-state index contributed by atoms with van der Waals surface area (Å²) in [4.78, 5) is 17.5. The zero-order chi connectivity index (χ0) is 17.9. The van der Waals surface area contributed by atoms with Crippen LogP contribution >= 0.6 is 11.3 Å². The summed E-state index contributed by atoms with van der Waals surface area (Å²) in [5.41, 5.74) is 0.612. The van der Waals surface area contributed by atoms with Gasteiger partial charge in [0.2, 0.25) is 0 Å². The minimum Gasteiger partial charge on any atom is -0.457 e. The monoisotopic (exact) mass is 373 g/mol. The Hall–Kier alpha value is -2.58. The number of halogens is 1. The minimum atomic E-state index is -0.598. The van der Waals surface area contributed by atoms with Crippen molar-refractivity contribution in [3.8, 4) is 16.4 Å². The van der Waals surface area contributed by atoms with Crippen molar-refractivity contribution in [2.45, 2.75) is 18.9 Å². The number of carbonyl (C=O) groups excluding carboxylic acids is 1. The zero-order valence-corrected chi connectivity index (χ0v) is 14.6. The summed E-state index contributed by atoms with van der Waals surface area (Å²) < 4.78 is 25.5. The predicted molar refractivity (Wildman–Crippen MR) is 93.9 cm³/mol. The van der Waals surface area contributed by atoms with Crippen LogP contribution in [0.5, 0.6) is 0 Å². The molecule has 0 aliphatic carbocycles. The number of esters is 1. The molecule has 1 aliphatic rings. The normalized spacial score (nSPS) is 16.7. The van der Waals surface area contributed by atoms with Gasteiger partial charge in [-0.2, -0.15) is 4.98 Å². The van der Waals surface area contributed by atoms with E-state index in [4.69, 9.17) is 9.47 Å². The van der Waals surface area contributed by atoms with Gasteiger partial charge in [-0.15, -0.1) is 16.4 Å². The van der Waals surface area contributed by atoms with Gasteiger partial charge in [0.1, 0.15) is 12.4 Å². The van der Waals surface area contributed by atoms with Crippen LogP contribution in [0.15, 0.2) is 41.8 Å². The van der Waals surface area contributed by atoms with Gasteiger partial charge in [0.15, 0.2) is 5.82 Å². The molecule has 4 rings (SSSR count). The average Bonchev–Trinajstić information content (AvgIpc) is 3.41. The Morgan fingerprint density at radius 3 is 2.88 bits per heavy atom. The highest BCUT2D eigenvalue weighted by molar-refractivity contribution is 7.13. The van der Waals surface area contributed by atoms with Crippen LogP contribution < -0.4 is 0 Å². The van der Waals surface area contributed by atoms with Crippen molar-refractivity contribution >= 4 is 17.3 Å². The lowest BCUT2D eigenvalue weighted by Gasteiger charge is -2.08. The van der Waals surface area contributed by atoms with E-state index in [-0.39, 0.29) is 24.4 Å². The second-order valence-corrected chi connectivity index (χ2v) is 6.81. The average molecular weight is 373 g/mol. The molecule has 3 heterocycles. The number of hydrogen-bond donors (Lipinski definition) is 0. The van der Waals surface area contributed by atoms with Gasteiger partial charge in [0.25, 0.3) is 5.82 Å². The molecule has 8 heteroatoms. The third kappa shape index (κ3) is 3.51. The molecule has 1 saturated heterocycles. The van der Waals surface area contributed by atoms with Crippen molar-refractivity contribution in [1.29, 1.82) is 0 Å². The lowest BCUT2D eigenvalue weighted by Crippen LogP contribution is -2.18. The maximum atomic E-state index is 13.2. The van der Waals surface area contributed by atoms with E-state index in [1.165, 1.54) is 28.2 Å². The molecule has 0 radical (unpaired) electrons. The molecule has 6 nitrogen and oxygen atoms in total. The van der Waals surface area contributed by atoms with Crippen molar-refractivity contribution < 1.29 is 18.7 Å². The lowest BCUT2D eigenvalue weighted by atomic mass is 10.2. The standard InChI is InChI=1S/C18H16FN3O3S/c19-12-5-7-13(8-6-12)22-17(15-4-2-10-26-15)20-16(21-22)18(23)25-11-14-3-1-9-24-14/h2,4-8,10,14H,1,3,9,11H2/t14-/m1/s1. The summed E-state index contributed by atoms with van der Waals surface area (Å²) in [6.07, 6.45) is 1.79. The van der Waals surface area contributed by atoms with E-state index in [9.17, 15) is 9.18 Å². The number of carbonyl (C=O) groups is 1. The van der Waals surface area contributed by atoms with Crippen LogP contribution in [0.2, 0.25) is 0 Å². The Morgan fingerprint density at radius 2 is 2.19 bits per heavy atom. The van der Waals surface area contributed by atoms with Crippen molar-refractivity contribution in [3.63, 3.8) is 0 Å². The highest BCUT2D eigenvalue weighted by atomic mass is 32.1. The number of nitrogens with zero attached hydrogens (tertiary/aromatic N) is 3. The van der Waals surface area contributed by atoms with E-state index < -0.39 is 5.97 Å². The molecular weight excluding hydrogens is 357 g/mol. The van der Waals surface area contributed by atoms with Crippen molar-refractivity contribution in [2.24, 2.45) is 0 Å². The predicted octanol–water partition coefficient (Wildman–Crippen LogP) is 3.47. The summed E-state index contributed by atoms with van der Waals surface area (Å²) >= 11 is 1.48. The largest absolute Gasteiger partial charge is 0.457 e. The van der Waals surface area contributed by atoms with Gasteiger partial charge in [-0.25, -0.2) is 13.9 Å². The third-order valence-electron chi connectivity index (χ3n) is 4.03. The maximum Gasteiger partial charge on any atom is 0.378 e. The summed E-state index contributed by atoms with van der Waals surface area (Å²) in [6, 6.07) is 9.62. The van der Waals surface area contributed by atoms with Gasteiger partial charge in [-0.3, -0.25) is 0 Å². The van der Waals surface area contributed by atoms with Gasteiger partial charge < -0.3 is 9.47 Å². The van der Waals surface area contributed by atoms with Crippen LogP contribution in [0.1, 0.15) is 23.5 Å². The number of benzene rings is 1. The molecule has 0 bridgehead atoms. The van der Waals surface area contributed by atoms with E-state index in [1.807, 2.05) is 17.5 Å². The first-order chi connectivity index (χ1) is 12.7. The minimum absolute atomic E-state index is 0.0317. The van der Waals surface area contributed by atoms with E-state index >= 15 is 0 Å². The zero-order valence-electron chi connectivity index (χ0n) is 13.8. The second kappa shape index (κ2) is 7.35. The first-order valence-corrected chi connectivity index (χ1v) is 9.14. The molecule has 0 amide bonds. The van der Waals surface area contributed by atoms with Crippen LogP contribution in [0.4, 0.5) is 4.39 Å². The second-order valence-electron chi connectivity index (χ2n) is 5.86. The van der Waals surface area contributed by atoms with Crippen molar-refractivity contribution in [3.05, 3.63) is 53.4 Å². The molecule has 2 aromatic heterocycles. The molecule has 26 heavy (non-hydrogen) atoms. The quantitative estimate of drug-likeness (QED) is 0.641. The van der Waals surface area contributed by atoms with Gasteiger partial charge in [0.05, 0.1) is 16.7 Å². The molecule has 1 atom stereocenters. The summed E-state index contributed by atoms with van der Waals surface area (Å²) in [7, 11) is 0. The van der Waals surface area contributed by atoms with Gasteiger partial charge in [-0.1, -0.05) is 6.07 Å². The molecule has 1 aromatic carbocycles. The third-order valence-corrected chi connectivity index (χ3v) is 4.89. The smallest absolute Gasteiger partial charge is 0.378 e. The van der Waals surface area contributed by atoms with Gasteiger partial charge >= 0.3 is 5.97 Å². The summed E-state index contributed by atoms with van der Waals surface area (Å²) in [5.74, 6) is -0.465. The molecule has 1 aliphatic heterocycles. The maximum absolute atomic E-state index is 13.2. The molecule has 0 spiro atoms. The Labute approximate surface area is 153 Å². The first-order valence-electron chi connectivity index (χ1n) is 8.26. The van der Waals surface area contributed by atoms with Gasteiger partial charge in [0, 0.05) is 6.61 Å². The first kappa shape index (κ1) is 16.9. The molecule has 0 unspecified atom stereocenters. The molecule has 134 valence electrons. The van der Waals surface area contributed by atoms with Crippen LogP contribution in [-0.2, 0) is 9.47 Å². The Balaban J connectivity index is 1.62. The number of aromatic nitrogens is 3. The highest BCUT2D eigenvalue weighted by Crippen LogP contribution is 2.26. The Kier molecular flexibility index (Phi) is 4.77. The van der Waals surface area contributed by atoms with Gasteiger partial charge in [-0.05, 0) is 48.6 Å². The SMILES string of the molecule is O=C(OC[C@H]1CCCO1)c1nc(-c2cccs2)n(-c2ccc(F)cc2)n1. The number of rotatable bonds is 5. The molecule has 3 aromatic rings. The topological polar surface area (TPSA) is 66.2 Å². The van der Waals surface area contributed by atoms with E-state index in [1.54, 1.807) is 12.1 Å². The van der Waals surface area contributed by atoms with Crippen molar-refractivity contribution in [2.75, 3.05) is 13.2 Å². The molecule has 0 N–H and O–H groups in total. The van der Waals surface area contributed by atoms with E-state index in [0.29, 0.717) is 18.1 Å². The fourth-order valence-corrected chi connectivity index (χ4v) is 3.43. The number of ether oxygens (including phenoxy) is 2. The van der Waals surface area contributed by atoms with E-state index in [2.05, 4.69) is 10.1 Å². The van der Waals surface area contributed by atoms with Crippen molar-refractivity contribution in [1.82, 2.24) is 14.8 Å². The van der Waals surface area contributed by atoms with E-state index in [0.717, 1.165) is 17.7 Å². The Bertz CT molecular complexity index is 887. The fraction of sp³-hybridized carbons (Fsp3) is 0.278. The molecule has 1 fully saturated rings. The van der Waals surface area contributed by atoms with Crippen LogP contribution in [-0.4, -0.2) is 40.1 Å². The summed E-state index contributed by atoms with van der Waals surface area (Å²) in [6.45, 7) is 0.889.